The van der Waals surface area contributed by atoms with Gasteiger partial charge < -0.3 is 14.8 Å². The van der Waals surface area contributed by atoms with Gasteiger partial charge in [-0.2, -0.15) is 0 Å². The van der Waals surface area contributed by atoms with Crippen molar-refractivity contribution < 1.29 is 23.9 Å². The molecule has 8 heteroatoms. The van der Waals surface area contributed by atoms with Crippen LogP contribution in [-0.2, 0) is 23.9 Å². The van der Waals surface area contributed by atoms with Gasteiger partial charge in [0.15, 0.2) is 0 Å². The van der Waals surface area contributed by atoms with Crippen LogP contribution in [0, 0.1) is 12.3 Å². The molecule has 1 N–H and O–H groups in total. The smallest absolute Gasteiger partial charge is 0.325 e. The summed E-state index contributed by atoms with van der Waals surface area (Å²) in [6.45, 7) is 2.11. The Kier molecular flexibility index (Phi) is 7.22. The van der Waals surface area contributed by atoms with Gasteiger partial charge in [0, 0.05) is 36.8 Å². The zero-order chi connectivity index (χ0) is 19.9. The molecule has 1 aromatic carbocycles. The van der Waals surface area contributed by atoms with E-state index in [-0.39, 0.29) is 39.2 Å². The minimum absolute atomic E-state index is 0.206. The highest BCUT2D eigenvalue weighted by Crippen LogP contribution is 2.34. The highest BCUT2D eigenvalue weighted by Gasteiger charge is 2.48. The number of anilines is 1. The first kappa shape index (κ1) is 20.7. The van der Waals surface area contributed by atoms with E-state index in [2.05, 4.69) is 11.2 Å². The van der Waals surface area contributed by atoms with Crippen molar-refractivity contribution in [2.24, 2.45) is 0 Å². The molecule has 0 bridgehead atoms. The van der Waals surface area contributed by atoms with Crippen molar-refractivity contribution in [3.63, 3.8) is 0 Å². The number of nitrogens with one attached hydrogen (secondary N) is 1. The van der Waals surface area contributed by atoms with Crippen LogP contribution < -0.4 is 10.2 Å². The Morgan fingerprint density at radius 2 is 2.07 bits per heavy atom. The Labute approximate surface area is 162 Å². The first-order chi connectivity index (χ1) is 12.9. The van der Waals surface area contributed by atoms with Crippen LogP contribution in [0.3, 0.4) is 0 Å². The summed E-state index contributed by atoms with van der Waals surface area (Å²) in [6.07, 6.45) is 5.81. The molecule has 0 aliphatic carbocycles. The van der Waals surface area contributed by atoms with E-state index in [9.17, 15) is 14.4 Å². The van der Waals surface area contributed by atoms with Gasteiger partial charge in [-0.15, -0.1) is 6.42 Å². The predicted molar refractivity (Wildman–Crippen MR) is 100 cm³/mol. The molecule has 0 saturated carbocycles. The Morgan fingerprint density at radius 3 is 2.67 bits per heavy atom. The normalized spacial score (nSPS) is 15.3. The van der Waals surface area contributed by atoms with E-state index < -0.39 is 23.3 Å². The van der Waals surface area contributed by atoms with E-state index in [1.807, 2.05) is 0 Å². The van der Waals surface area contributed by atoms with Crippen LogP contribution in [0.5, 0.6) is 0 Å². The van der Waals surface area contributed by atoms with Crippen LogP contribution in [0.15, 0.2) is 24.3 Å². The molecule has 1 aliphatic heterocycles. The molecule has 1 aliphatic rings. The van der Waals surface area contributed by atoms with Gasteiger partial charge >= 0.3 is 11.9 Å². The van der Waals surface area contributed by atoms with Crippen molar-refractivity contribution in [1.82, 2.24) is 5.32 Å². The van der Waals surface area contributed by atoms with E-state index in [1.165, 1.54) is 4.90 Å². The van der Waals surface area contributed by atoms with E-state index >= 15 is 0 Å². The van der Waals surface area contributed by atoms with Gasteiger partial charge in [0.25, 0.3) is 0 Å². The first-order valence-corrected chi connectivity index (χ1v) is 8.90. The fraction of sp³-hybridized carbons (Fsp3) is 0.421. The molecule has 2 rings (SSSR count). The van der Waals surface area contributed by atoms with E-state index in [0.717, 1.165) is 0 Å². The SMILES string of the molecule is C#CC(=O)N(c1cccc(Cl)c1)C1(C(=O)NCC(=O)OCC)CCOCC1. The second-order valence-corrected chi connectivity index (χ2v) is 6.33. The Morgan fingerprint density at radius 1 is 1.37 bits per heavy atom. The average molecular weight is 393 g/mol. The fourth-order valence-electron chi connectivity index (χ4n) is 3.03. The number of carbonyl (C=O) groups excluding carboxylic acids is 3. The minimum Gasteiger partial charge on any atom is -0.465 e. The number of nitrogens with zero attached hydrogens (tertiary/aromatic N) is 1. The molecule has 2 amide bonds. The summed E-state index contributed by atoms with van der Waals surface area (Å²) in [6, 6.07) is 6.53. The third-order valence-electron chi connectivity index (χ3n) is 4.26. The lowest BCUT2D eigenvalue weighted by molar-refractivity contribution is -0.144. The highest BCUT2D eigenvalue weighted by molar-refractivity contribution is 6.31. The molecule has 0 aromatic heterocycles. The number of esters is 1. The number of terminal acetylenes is 1. The largest absolute Gasteiger partial charge is 0.465 e. The summed E-state index contributed by atoms with van der Waals surface area (Å²) in [4.78, 5) is 38.6. The van der Waals surface area contributed by atoms with Crippen molar-refractivity contribution in [2.45, 2.75) is 25.3 Å². The first-order valence-electron chi connectivity index (χ1n) is 8.52. The molecule has 1 saturated heterocycles. The summed E-state index contributed by atoms with van der Waals surface area (Å²) in [5, 5.41) is 2.96. The van der Waals surface area contributed by atoms with E-state index in [0.29, 0.717) is 10.7 Å². The van der Waals surface area contributed by atoms with Crippen LogP contribution in [-0.4, -0.2) is 49.7 Å². The van der Waals surface area contributed by atoms with Crippen molar-refractivity contribution in [3.8, 4) is 12.3 Å². The Hall–Kier alpha value is -2.56. The van der Waals surface area contributed by atoms with Crippen LogP contribution in [0.4, 0.5) is 5.69 Å². The standard InChI is InChI=1S/C19H21ClN2O5/c1-3-16(23)22(15-7-5-6-14(20)12-15)19(8-10-26-11-9-19)18(25)21-13-17(24)27-4-2/h1,5-7,12H,4,8-11,13H2,2H3,(H,21,25). The predicted octanol–water partition coefficient (Wildman–Crippen LogP) is 1.53. The van der Waals surface area contributed by atoms with Crippen molar-refractivity contribution in [2.75, 3.05) is 31.3 Å². The summed E-state index contributed by atoms with van der Waals surface area (Å²) < 4.78 is 10.2. The lowest BCUT2D eigenvalue weighted by atomic mass is 9.86. The molecule has 1 fully saturated rings. The summed E-state index contributed by atoms with van der Waals surface area (Å²) in [5.41, 5.74) is -0.891. The molecule has 1 heterocycles. The summed E-state index contributed by atoms with van der Waals surface area (Å²) in [5.74, 6) is 0.339. The third kappa shape index (κ3) is 4.79. The van der Waals surface area contributed by atoms with Crippen LogP contribution in [0.1, 0.15) is 19.8 Å². The maximum absolute atomic E-state index is 13.1. The molecule has 0 spiro atoms. The van der Waals surface area contributed by atoms with E-state index in [4.69, 9.17) is 27.5 Å². The topological polar surface area (TPSA) is 84.9 Å². The van der Waals surface area contributed by atoms with Crippen molar-refractivity contribution in [1.29, 1.82) is 0 Å². The molecule has 144 valence electrons. The number of amides is 2. The molecule has 27 heavy (non-hydrogen) atoms. The van der Waals surface area contributed by atoms with Crippen LogP contribution >= 0.6 is 11.6 Å². The van der Waals surface area contributed by atoms with Gasteiger partial charge in [-0.1, -0.05) is 17.7 Å². The van der Waals surface area contributed by atoms with Gasteiger partial charge in [-0.3, -0.25) is 19.3 Å². The lowest BCUT2D eigenvalue weighted by Gasteiger charge is -2.43. The lowest BCUT2D eigenvalue weighted by Crippen LogP contribution is -2.63. The Balaban J connectivity index is 2.41. The molecule has 0 radical (unpaired) electrons. The highest BCUT2D eigenvalue weighted by atomic mass is 35.5. The second kappa shape index (κ2) is 9.40. The molecular weight excluding hydrogens is 372 g/mol. The minimum atomic E-state index is -1.29. The summed E-state index contributed by atoms with van der Waals surface area (Å²) >= 11 is 6.06. The Bertz CT molecular complexity index is 753. The number of ether oxygens (including phenoxy) is 2. The van der Waals surface area contributed by atoms with Gasteiger partial charge in [0.2, 0.25) is 5.91 Å². The maximum atomic E-state index is 13.1. The van der Waals surface area contributed by atoms with Crippen LogP contribution in [0.25, 0.3) is 0 Å². The van der Waals surface area contributed by atoms with E-state index in [1.54, 1.807) is 31.2 Å². The number of hydrogen-bond acceptors (Lipinski definition) is 5. The van der Waals surface area contributed by atoms with Gasteiger partial charge in [-0.25, -0.2) is 0 Å². The van der Waals surface area contributed by atoms with Crippen LogP contribution in [0.2, 0.25) is 5.02 Å². The van der Waals surface area contributed by atoms with Gasteiger partial charge in [-0.05, 0) is 31.0 Å². The van der Waals surface area contributed by atoms with Crippen molar-refractivity contribution >= 4 is 35.1 Å². The molecule has 0 atom stereocenters. The molecular formula is C19H21ClN2O5. The molecule has 0 unspecified atom stereocenters. The maximum Gasteiger partial charge on any atom is 0.325 e. The third-order valence-corrected chi connectivity index (χ3v) is 4.50. The van der Waals surface area contributed by atoms with Crippen molar-refractivity contribution in [3.05, 3.63) is 29.3 Å². The monoisotopic (exact) mass is 392 g/mol. The quantitative estimate of drug-likeness (QED) is 0.586. The number of carbonyl (C=O) groups is 3. The van der Waals surface area contributed by atoms with Gasteiger partial charge in [0.1, 0.15) is 12.1 Å². The number of halogens is 1. The second-order valence-electron chi connectivity index (χ2n) is 5.90. The molecule has 7 nitrogen and oxygen atoms in total. The number of rotatable bonds is 6. The average Bonchev–Trinajstić information content (AvgIpc) is 2.67. The zero-order valence-corrected chi connectivity index (χ0v) is 15.8. The number of benzene rings is 1. The zero-order valence-electron chi connectivity index (χ0n) is 15.0. The number of hydrogen-bond donors (Lipinski definition) is 1. The summed E-state index contributed by atoms with van der Waals surface area (Å²) in [7, 11) is 0. The van der Waals surface area contributed by atoms with Gasteiger partial charge in [0.05, 0.1) is 6.61 Å². The molecule has 1 aromatic rings. The fourth-order valence-corrected chi connectivity index (χ4v) is 3.21.